The predicted molar refractivity (Wildman–Crippen MR) is 89.8 cm³/mol. The van der Waals surface area contributed by atoms with E-state index < -0.39 is 18.2 Å². The van der Waals surface area contributed by atoms with Gasteiger partial charge in [-0.05, 0) is 36.1 Å². The Hall–Kier alpha value is -2.60. The van der Waals surface area contributed by atoms with Gasteiger partial charge in [-0.3, -0.25) is 9.59 Å². The number of amides is 2. The van der Waals surface area contributed by atoms with E-state index >= 15 is 0 Å². The van der Waals surface area contributed by atoms with E-state index in [0.717, 1.165) is 17.5 Å². The number of aliphatic hydroxyl groups excluding tert-OH is 1. The summed E-state index contributed by atoms with van der Waals surface area (Å²) in [6.45, 7) is 0.529. The zero-order valence-electron chi connectivity index (χ0n) is 13.7. The number of hydrogen-bond donors (Lipinski definition) is 2. The molecule has 2 amide bonds. The monoisotopic (exact) mass is 340 g/mol. The van der Waals surface area contributed by atoms with Gasteiger partial charge >= 0.3 is 0 Å². The van der Waals surface area contributed by atoms with Crippen LogP contribution in [0.25, 0.3) is 0 Å². The number of aliphatic hydroxyl groups is 1. The molecule has 0 bridgehead atoms. The standard InChI is InChI=1S/C19H20N2O4/c22-15-11-12-5-1-2-6-13(12)17(15)20-18(23)14-7-3-9-21(14)19(24)16-8-4-10-25-16/h1-2,4-6,8,10,14-15,17,22H,3,7,9,11H2,(H,20,23)/t14?,15-,17+/m0/s1. The number of carbonyl (C=O) groups excluding carboxylic acids is 2. The first-order chi connectivity index (χ1) is 12.1. The van der Waals surface area contributed by atoms with Crippen LogP contribution in [0.1, 0.15) is 40.6 Å². The first-order valence-electron chi connectivity index (χ1n) is 8.56. The Bertz CT molecular complexity index is 786. The molecule has 2 aromatic rings. The van der Waals surface area contributed by atoms with E-state index in [4.69, 9.17) is 4.42 Å². The van der Waals surface area contributed by atoms with Crippen LogP contribution in [0, 0.1) is 0 Å². The largest absolute Gasteiger partial charge is 0.459 e. The zero-order chi connectivity index (χ0) is 17.4. The first-order valence-corrected chi connectivity index (χ1v) is 8.56. The summed E-state index contributed by atoms with van der Waals surface area (Å²) in [6.07, 6.45) is 2.72. The summed E-state index contributed by atoms with van der Waals surface area (Å²) in [5, 5.41) is 13.3. The van der Waals surface area contributed by atoms with E-state index in [2.05, 4.69) is 5.32 Å². The molecule has 4 rings (SSSR count). The van der Waals surface area contributed by atoms with Gasteiger partial charge in [-0.2, -0.15) is 0 Å². The second-order valence-corrected chi connectivity index (χ2v) is 6.59. The molecule has 1 aromatic carbocycles. The third kappa shape index (κ3) is 2.82. The molecule has 0 saturated carbocycles. The van der Waals surface area contributed by atoms with Crippen molar-refractivity contribution in [3.63, 3.8) is 0 Å². The van der Waals surface area contributed by atoms with E-state index in [1.807, 2.05) is 24.3 Å². The zero-order valence-corrected chi connectivity index (χ0v) is 13.7. The molecule has 1 aliphatic carbocycles. The summed E-state index contributed by atoms with van der Waals surface area (Å²) in [5.74, 6) is -0.251. The van der Waals surface area contributed by atoms with Gasteiger partial charge in [0.05, 0.1) is 18.4 Å². The van der Waals surface area contributed by atoms with Crippen molar-refractivity contribution >= 4 is 11.8 Å². The summed E-state index contributed by atoms with van der Waals surface area (Å²) >= 11 is 0. The molecule has 2 aliphatic rings. The van der Waals surface area contributed by atoms with E-state index in [-0.39, 0.29) is 17.6 Å². The molecule has 1 saturated heterocycles. The molecule has 130 valence electrons. The van der Waals surface area contributed by atoms with Crippen molar-refractivity contribution in [1.29, 1.82) is 0 Å². The van der Waals surface area contributed by atoms with E-state index in [9.17, 15) is 14.7 Å². The second kappa shape index (κ2) is 6.37. The van der Waals surface area contributed by atoms with E-state index in [0.29, 0.717) is 19.4 Å². The lowest BCUT2D eigenvalue weighted by molar-refractivity contribution is -0.126. The van der Waals surface area contributed by atoms with Crippen LogP contribution in [0.2, 0.25) is 0 Å². The normalized spacial score (nSPS) is 25.0. The highest BCUT2D eigenvalue weighted by molar-refractivity contribution is 5.96. The SMILES string of the molecule is O=C(N[C@@H]1c2ccccc2C[C@@H]1O)C1CCCN1C(=O)c1ccco1. The Morgan fingerprint density at radius 1 is 1.20 bits per heavy atom. The van der Waals surface area contributed by atoms with Crippen molar-refractivity contribution in [2.45, 2.75) is 37.5 Å². The molecule has 2 N–H and O–H groups in total. The third-order valence-corrected chi connectivity index (χ3v) is 5.05. The second-order valence-electron chi connectivity index (χ2n) is 6.59. The van der Waals surface area contributed by atoms with Gasteiger partial charge in [0.2, 0.25) is 5.91 Å². The van der Waals surface area contributed by atoms with Crippen LogP contribution >= 0.6 is 0 Å². The Morgan fingerprint density at radius 2 is 2.04 bits per heavy atom. The molecule has 0 spiro atoms. The molecular formula is C19H20N2O4. The fourth-order valence-electron chi connectivity index (χ4n) is 3.82. The number of likely N-dealkylation sites (tertiary alicyclic amines) is 1. The Kier molecular flexibility index (Phi) is 4.05. The molecule has 25 heavy (non-hydrogen) atoms. The minimum absolute atomic E-state index is 0.224. The molecule has 1 aromatic heterocycles. The van der Waals surface area contributed by atoms with Gasteiger partial charge in [-0.25, -0.2) is 0 Å². The van der Waals surface area contributed by atoms with Crippen LogP contribution in [0.15, 0.2) is 47.1 Å². The van der Waals surface area contributed by atoms with Gasteiger partial charge < -0.3 is 19.7 Å². The smallest absolute Gasteiger partial charge is 0.290 e. The van der Waals surface area contributed by atoms with E-state index in [1.165, 1.54) is 6.26 Å². The van der Waals surface area contributed by atoms with Gasteiger partial charge in [0.1, 0.15) is 6.04 Å². The van der Waals surface area contributed by atoms with Crippen molar-refractivity contribution in [3.05, 3.63) is 59.5 Å². The first kappa shape index (κ1) is 15.9. The number of hydrogen-bond acceptors (Lipinski definition) is 4. The molecule has 6 nitrogen and oxygen atoms in total. The molecule has 2 heterocycles. The van der Waals surface area contributed by atoms with Crippen molar-refractivity contribution in [2.24, 2.45) is 0 Å². The van der Waals surface area contributed by atoms with Crippen molar-refractivity contribution in [2.75, 3.05) is 6.54 Å². The fraction of sp³-hybridized carbons (Fsp3) is 0.368. The van der Waals surface area contributed by atoms with Crippen LogP contribution in [-0.4, -0.2) is 40.5 Å². The predicted octanol–water partition coefficient (Wildman–Crippen LogP) is 1.66. The lowest BCUT2D eigenvalue weighted by Gasteiger charge is -2.26. The molecule has 1 fully saturated rings. The maximum absolute atomic E-state index is 12.8. The summed E-state index contributed by atoms with van der Waals surface area (Å²) in [6, 6.07) is 10.0. The highest BCUT2D eigenvalue weighted by Gasteiger charge is 2.39. The van der Waals surface area contributed by atoms with Gasteiger partial charge in [0.15, 0.2) is 5.76 Å². The van der Waals surface area contributed by atoms with Gasteiger partial charge in [-0.1, -0.05) is 24.3 Å². The molecule has 6 heteroatoms. The number of fused-ring (bicyclic) bond motifs is 1. The number of furan rings is 1. The third-order valence-electron chi connectivity index (χ3n) is 5.05. The van der Waals surface area contributed by atoms with Crippen molar-refractivity contribution in [3.8, 4) is 0 Å². The Labute approximate surface area is 145 Å². The average molecular weight is 340 g/mol. The molecule has 0 radical (unpaired) electrons. The van der Waals surface area contributed by atoms with E-state index in [1.54, 1.807) is 17.0 Å². The van der Waals surface area contributed by atoms with Gasteiger partial charge in [0, 0.05) is 13.0 Å². The van der Waals surface area contributed by atoms with Crippen LogP contribution in [0.5, 0.6) is 0 Å². The van der Waals surface area contributed by atoms with Crippen LogP contribution in [-0.2, 0) is 11.2 Å². The number of nitrogens with zero attached hydrogens (tertiary/aromatic N) is 1. The molecule has 3 atom stereocenters. The number of nitrogens with one attached hydrogen (secondary N) is 1. The lowest BCUT2D eigenvalue weighted by atomic mass is 10.1. The Morgan fingerprint density at radius 3 is 2.84 bits per heavy atom. The number of benzene rings is 1. The quantitative estimate of drug-likeness (QED) is 0.890. The summed E-state index contributed by atoms with van der Waals surface area (Å²) in [4.78, 5) is 26.9. The van der Waals surface area contributed by atoms with Crippen LogP contribution in [0.3, 0.4) is 0 Å². The van der Waals surface area contributed by atoms with Crippen LogP contribution in [0.4, 0.5) is 0 Å². The summed E-state index contributed by atoms with van der Waals surface area (Å²) in [7, 11) is 0. The highest BCUT2D eigenvalue weighted by Crippen LogP contribution is 2.32. The number of carbonyl (C=O) groups is 2. The Balaban J connectivity index is 1.50. The highest BCUT2D eigenvalue weighted by atomic mass is 16.3. The summed E-state index contributed by atoms with van der Waals surface area (Å²) in [5.41, 5.74) is 2.00. The van der Waals surface area contributed by atoms with Crippen molar-refractivity contribution in [1.82, 2.24) is 10.2 Å². The maximum atomic E-state index is 12.8. The summed E-state index contributed by atoms with van der Waals surface area (Å²) < 4.78 is 5.17. The minimum Gasteiger partial charge on any atom is -0.459 e. The number of rotatable bonds is 3. The molecule has 1 aliphatic heterocycles. The molecule has 1 unspecified atom stereocenters. The lowest BCUT2D eigenvalue weighted by Crippen LogP contribution is -2.48. The minimum atomic E-state index is -0.642. The molecular weight excluding hydrogens is 320 g/mol. The van der Waals surface area contributed by atoms with Crippen LogP contribution < -0.4 is 5.32 Å². The maximum Gasteiger partial charge on any atom is 0.290 e. The van der Waals surface area contributed by atoms with Crippen molar-refractivity contribution < 1.29 is 19.1 Å². The topological polar surface area (TPSA) is 82.8 Å². The van der Waals surface area contributed by atoms with Gasteiger partial charge in [-0.15, -0.1) is 0 Å². The average Bonchev–Trinajstić information content (AvgIpc) is 3.35. The van der Waals surface area contributed by atoms with Gasteiger partial charge in [0.25, 0.3) is 5.91 Å². The fourth-order valence-corrected chi connectivity index (χ4v) is 3.82.